The fourth-order valence-corrected chi connectivity index (χ4v) is 2.86. The van der Waals surface area contributed by atoms with Gasteiger partial charge in [0.2, 0.25) is 0 Å². The quantitative estimate of drug-likeness (QED) is 0.596. The Morgan fingerprint density at radius 1 is 1.21 bits per heavy atom. The number of hydrogen-bond donors (Lipinski definition) is 1. The van der Waals surface area contributed by atoms with Gasteiger partial charge in [-0.2, -0.15) is 0 Å². The van der Waals surface area contributed by atoms with Gasteiger partial charge in [0, 0.05) is 11.5 Å². The van der Waals surface area contributed by atoms with Crippen molar-refractivity contribution < 1.29 is 18.7 Å². The van der Waals surface area contributed by atoms with Gasteiger partial charge in [0.05, 0.1) is 29.0 Å². The molecule has 7 nitrogen and oxygen atoms in total. The molecule has 152 valence electrons. The van der Waals surface area contributed by atoms with Gasteiger partial charge in [-0.3, -0.25) is 0 Å². The zero-order valence-electron chi connectivity index (χ0n) is 16.4. The number of carbonyl (C=O) groups is 1. The van der Waals surface area contributed by atoms with Crippen LogP contribution in [0.25, 0.3) is 10.9 Å². The van der Waals surface area contributed by atoms with Crippen molar-refractivity contribution in [3.8, 4) is 5.75 Å². The van der Waals surface area contributed by atoms with Crippen LogP contribution in [0.4, 0.5) is 26.4 Å². The predicted octanol–water partition coefficient (Wildman–Crippen LogP) is 5.09. The average molecular weight is 419 g/mol. The maximum atomic E-state index is 13.7. The first-order chi connectivity index (χ1) is 13.6. The Morgan fingerprint density at radius 2 is 1.93 bits per heavy atom. The molecule has 3 rings (SSSR count). The Kier molecular flexibility index (Phi) is 5.48. The lowest BCUT2D eigenvalue weighted by molar-refractivity contribution is 0.0598. The summed E-state index contributed by atoms with van der Waals surface area (Å²) >= 11 is 5.94. The molecule has 1 heterocycles. The molecule has 0 unspecified atom stereocenters. The molecular weight excluding hydrogens is 399 g/mol. The summed E-state index contributed by atoms with van der Waals surface area (Å²) < 4.78 is 24.5. The summed E-state index contributed by atoms with van der Waals surface area (Å²) in [5.74, 6) is 0.0400. The van der Waals surface area contributed by atoms with Crippen molar-refractivity contribution in [2.45, 2.75) is 26.4 Å². The van der Waals surface area contributed by atoms with E-state index in [0.717, 1.165) is 6.07 Å². The summed E-state index contributed by atoms with van der Waals surface area (Å²) in [6.45, 7) is 5.21. The second kappa shape index (κ2) is 7.71. The van der Waals surface area contributed by atoms with E-state index in [4.69, 9.17) is 26.8 Å². The summed E-state index contributed by atoms with van der Waals surface area (Å²) in [5, 5.41) is 0.340. The highest BCUT2D eigenvalue weighted by Crippen LogP contribution is 2.36. The molecular formula is C20H20ClFN4O3. The van der Waals surface area contributed by atoms with E-state index in [1.807, 2.05) is 0 Å². The van der Waals surface area contributed by atoms with Gasteiger partial charge in [0.1, 0.15) is 23.5 Å². The molecule has 0 fully saturated rings. The van der Waals surface area contributed by atoms with E-state index in [9.17, 15) is 9.18 Å². The van der Waals surface area contributed by atoms with Crippen molar-refractivity contribution >= 4 is 45.8 Å². The normalized spacial score (nSPS) is 11.4. The molecule has 0 bridgehead atoms. The Labute approximate surface area is 172 Å². The fourth-order valence-electron chi connectivity index (χ4n) is 2.69. The van der Waals surface area contributed by atoms with Gasteiger partial charge < -0.3 is 15.2 Å². The lowest BCUT2D eigenvalue weighted by atomic mass is 10.1. The van der Waals surface area contributed by atoms with Crippen molar-refractivity contribution in [1.29, 1.82) is 0 Å². The molecule has 0 saturated carbocycles. The summed E-state index contributed by atoms with van der Waals surface area (Å²) in [6.07, 6.45) is 0.588. The van der Waals surface area contributed by atoms with Crippen LogP contribution in [0.15, 0.2) is 36.7 Å². The van der Waals surface area contributed by atoms with Crippen LogP contribution in [0.2, 0.25) is 5.02 Å². The Bertz CT molecular complexity index is 1090. The number of rotatable bonds is 3. The van der Waals surface area contributed by atoms with Crippen molar-refractivity contribution in [3.63, 3.8) is 0 Å². The van der Waals surface area contributed by atoms with Crippen molar-refractivity contribution in [3.05, 3.63) is 47.5 Å². The first-order valence-corrected chi connectivity index (χ1v) is 9.05. The maximum absolute atomic E-state index is 13.7. The number of aromatic nitrogens is 2. The van der Waals surface area contributed by atoms with Crippen LogP contribution in [-0.2, 0) is 4.74 Å². The monoisotopic (exact) mass is 418 g/mol. The van der Waals surface area contributed by atoms with Gasteiger partial charge in [0.25, 0.3) is 0 Å². The van der Waals surface area contributed by atoms with Gasteiger partial charge in [-0.25, -0.2) is 24.1 Å². The first kappa shape index (κ1) is 20.6. The Morgan fingerprint density at radius 3 is 2.55 bits per heavy atom. The third-order valence-electron chi connectivity index (χ3n) is 3.92. The Hall–Kier alpha value is -3.13. The number of nitrogens with zero attached hydrogens (tertiary/aromatic N) is 3. The van der Waals surface area contributed by atoms with Crippen LogP contribution in [-0.4, -0.2) is 28.8 Å². The SMILES string of the molecule is COc1cc2ncnc(N(C(=O)OC(C)(C)C)c3ccc(F)c(Cl)c3)c2cc1N. The highest BCUT2D eigenvalue weighted by Gasteiger charge is 2.28. The third-order valence-corrected chi connectivity index (χ3v) is 4.20. The number of nitrogens with two attached hydrogens (primary N) is 1. The number of benzene rings is 2. The number of methoxy groups -OCH3 is 1. The van der Waals surface area contributed by atoms with Gasteiger partial charge in [-0.05, 0) is 45.0 Å². The maximum Gasteiger partial charge on any atom is 0.420 e. The van der Waals surface area contributed by atoms with Crippen molar-refractivity contribution in [2.24, 2.45) is 0 Å². The molecule has 0 aliphatic carbocycles. The molecule has 3 aromatic rings. The average Bonchev–Trinajstić information content (AvgIpc) is 2.63. The minimum Gasteiger partial charge on any atom is -0.495 e. The molecule has 0 atom stereocenters. The molecule has 1 amide bonds. The number of nitrogen functional groups attached to an aromatic ring is 1. The second-order valence-electron chi connectivity index (χ2n) is 7.22. The molecule has 0 saturated heterocycles. The van der Waals surface area contributed by atoms with E-state index in [1.54, 1.807) is 32.9 Å². The minimum absolute atomic E-state index is 0.143. The third kappa shape index (κ3) is 4.32. The highest BCUT2D eigenvalue weighted by molar-refractivity contribution is 6.31. The van der Waals surface area contributed by atoms with Crippen LogP contribution >= 0.6 is 11.6 Å². The van der Waals surface area contributed by atoms with Crippen molar-refractivity contribution in [1.82, 2.24) is 9.97 Å². The molecule has 0 aliphatic rings. The molecule has 2 aromatic carbocycles. The number of anilines is 3. The van der Waals surface area contributed by atoms with Crippen LogP contribution in [0, 0.1) is 5.82 Å². The van der Waals surface area contributed by atoms with Gasteiger partial charge in [0.15, 0.2) is 5.82 Å². The van der Waals surface area contributed by atoms with Crippen LogP contribution in [0.5, 0.6) is 5.75 Å². The fraction of sp³-hybridized carbons (Fsp3) is 0.250. The van der Waals surface area contributed by atoms with E-state index in [-0.39, 0.29) is 16.5 Å². The number of amides is 1. The van der Waals surface area contributed by atoms with Gasteiger partial charge >= 0.3 is 6.09 Å². The van der Waals surface area contributed by atoms with Gasteiger partial charge in [-0.15, -0.1) is 0 Å². The number of fused-ring (bicyclic) bond motifs is 1. The zero-order chi connectivity index (χ0) is 21.3. The van der Waals surface area contributed by atoms with E-state index in [1.165, 1.54) is 30.5 Å². The van der Waals surface area contributed by atoms with Crippen LogP contribution in [0.1, 0.15) is 20.8 Å². The van der Waals surface area contributed by atoms with E-state index in [2.05, 4.69) is 9.97 Å². The number of hydrogen-bond acceptors (Lipinski definition) is 6. The molecule has 0 aliphatic heterocycles. The molecule has 0 spiro atoms. The molecule has 1 aromatic heterocycles. The topological polar surface area (TPSA) is 90.6 Å². The standard InChI is InChI=1S/C20H20ClFN4O3/c1-20(2,3)29-19(27)26(11-5-6-14(22)13(21)7-11)18-12-8-15(23)17(28-4)9-16(12)24-10-25-18/h5-10H,23H2,1-4H3. The smallest absolute Gasteiger partial charge is 0.420 e. The number of ether oxygens (including phenoxy) is 2. The van der Waals surface area contributed by atoms with Gasteiger partial charge in [-0.1, -0.05) is 11.6 Å². The summed E-state index contributed by atoms with van der Waals surface area (Å²) in [6, 6.07) is 7.14. The second-order valence-corrected chi connectivity index (χ2v) is 7.63. The number of halogens is 2. The zero-order valence-corrected chi connectivity index (χ0v) is 17.1. The lowest BCUT2D eigenvalue weighted by Gasteiger charge is -2.27. The number of carbonyl (C=O) groups excluding carboxylic acids is 1. The summed E-state index contributed by atoms with van der Waals surface area (Å²) in [7, 11) is 1.49. The minimum atomic E-state index is -0.774. The van der Waals surface area contributed by atoms with Crippen LogP contribution in [0.3, 0.4) is 0 Å². The largest absolute Gasteiger partial charge is 0.495 e. The predicted molar refractivity (Wildman–Crippen MR) is 110 cm³/mol. The molecule has 29 heavy (non-hydrogen) atoms. The highest BCUT2D eigenvalue weighted by atomic mass is 35.5. The first-order valence-electron chi connectivity index (χ1n) is 8.67. The molecule has 0 radical (unpaired) electrons. The van der Waals surface area contributed by atoms with Crippen LogP contribution < -0.4 is 15.4 Å². The lowest BCUT2D eigenvalue weighted by Crippen LogP contribution is -2.34. The molecule has 2 N–H and O–H groups in total. The van der Waals surface area contributed by atoms with E-state index in [0.29, 0.717) is 22.3 Å². The Balaban J connectivity index is 2.24. The summed E-state index contributed by atoms with van der Waals surface area (Å²) in [5.41, 5.74) is 6.39. The van der Waals surface area contributed by atoms with Crippen molar-refractivity contribution in [2.75, 3.05) is 17.7 Å². The van der Waals surface area contributed by atoms with E-state index >= 15 is 0 Å². The van der Waals surface area contributed by atoms with E-state index < -0.39 is 17.5 Å². The summed E-state index contributed by atoms with van der Waals surface area (Å²) in [4.78, 5) is 22.7. The molecule has 9 heteroatoms.